The van der Waals surface area contributed by atoms with E-state index in [2.05, 4.69) is 10.6 Å². The van der Waals surface area contributed by atoms with Crippen molar-refractivity contribution in [1.82, 2.24) is 10.6 Å². The van der Waals surface area contributed by atoms with Crippen LogP contribution in [-0.2, 0) is 39.1 Å². The minimum atomic E-state index is -4.20. The van der Waals surface area contributed by atoms with Gasteiger partial charge in [0.05, 0.1) is 5.75 Å². The van der Waals surface area contributed by atoms with Gasteiger partial charge in [0, 0.05) is 12.5 Å². The van der Waals surface area contributed by atoms with E-state index in [0.29, 0.717) is 12.8 Å². The molecule has 0 saturated heterocycles. The third-order valence-electron chi connectivity index (χ3n) is 5.80. The van der Waals surface area contributed by atoms with Crippen molar-refractivity contribution in [3.05, 3.63) is 108 Å². The van der Waals surface area contributed by atoms with Gasteiger partial charge in [-0.1, -0.05) is 91.0 Å². The first kappa shape index (κ1) is 27.9. The van der Waals surface area contributed by atoms with E-state index in [0.717, 1.165) is 16.7 Å². The number of ether oxygens (including phenoxy) is 1. The second kappa shape index (κ2) is 14.2. The normalized spacial score (nSPS) is 12.8. The van der Waals surface area contributed by atoms with Crippen LogP contribution in [0.4, 0.5) is 4.79 Å². The highest BCUT2D eigenvalue weighted by atomic mass is 32.2. The number of amides is 2. The second-order valence-electron chi connectivity index (χ2n) is 8.75. The lowest BCUT2D eigenvalue weighted by molar-refractivity contribution is -0.123. The highest BCUT2D eigenvalue weighted by Crippen LogP contribution is 2.11. The quantitative estimate of drug-likeness (QED) is 0.292. The number of carbonyl (C=O) groups is 2. The maximum atomic E-state index is 13.3. The predicted molar refractivity (Wildman–Crippen MR) is 141 cm³/mol. The first-order valence-corrected chi connectivity index (χ1v) is 13.7. The highest BCUT2D eigenvalue weighted by molar-refractivity contribution is 7.85. The summed E-state index contributed by atoms with van der Waals surface area (Å²) in [6, 6.07) is 26.6. The molecule has 0 unspecified atom stereocenters. The topological polar surface area (TPSA) is 122 Å². The molecule has 2 amide bonds. The van der Waals surface area contributed by atoms with Gasteiger partial charge in [-0.15, -0.1) is 0 Å². The zero-order valence-corrected chi connectivity index (χ0v) is 21.3. The fraction of sp³-hybridized carbons (Fsp3) is 0.286. The molecule has 0 radical (unpaired) electrons. The van der Waals surface area contributed by atoms with E-state index >= 15 is 0 Å². The zero-order chi connectivity index (χ0) is 26.5. The third kappa shape index (κ3) is 10.8. The van der Waals surface area contributed by atoms with Crippen LogP contribution in [0.3, 0.4) is 0 Å². The molecule has 3 N–H and O–H groups in total. The summed E-state index contributed by atoms with van der Waals surface area (Å²) in [6.07, 6.45) is 0.582. The van der Waals surface area contributed by atoms with Crippen LogP contribution in [0.5, 0.6) is 0 Å². The van der Waals surface area contributed by atoms with E-state index in [1.54, 1.807) is 0 Å². The molecule has 0 heterocycles. The number of nitrogens with one attached hydrogen (secondary N) is 2. The van der Waals surface area contributed by atoms with E-state index < -0.39 is 40.0 Å². The van der Waals surface area contributed by atoms with Crippen molar-refractivity contribution in [2.24, 2.45) is 0 Å². The molecule has 2 atom stereocenters. The molecule has 3 aromatic rings. The average molecular weight is 525 g/mol. The largest absolute Gasteiger partial charge is 0.445 e. The van der Waals surface area contributed by atoms with E-state index in [4.69, 9.17) is 4.74 Å². The lowest BCUT2D eigenvalue weighted by atomic mass is 10.0. The molecule has 0 fully saturated rings. The lowest BCUT2D eigenvalue weighted by Crippen LogP contribution is -2.51. The van der Waals surface area contributed by atoms with Gasteiger partial charge in [0.25, 0.3) is 10.1 Å². The molecule has 0 saturated carbocycles. The van der Waals surface area contributed by atoms with Gasteiger partial charge in [0.1, 0.15) is 12.6 Å². The number of hydrogen-bond acceptors (Lipinski definition) is 5. The molecule has 9 heteroatoms. The van der Waals surface area contributed by atoms with Crippen LogP contribution in [0, 0.1) is 0 Å². The van der Waals surface area contributed by atoms with Gasteiger partial charge in [-0.25, -0.2) is 4.79 Å². The minimum Gasteiger partial charge on any atom is -0.445 e. The van der Waals surface area contributed by atoms with Crippen molar-refractivity contribution in [1.29, 1.82) is 0 Å². The van der Waals surface area contributed by atoms with Crippen LogP contribution >= 0.6 is 0 Å². The Labute approximate surface area is 217 Å². The van der Waals surface area contributed by atoms with Crippen LogP contribution in [0.2, 0.25) is 0 Å². The first-order valence-electron chi connectivity index (χ1n) is 12.1. The highest BCUT2D eigenvalue weighted by Gasteiger charge is 2.25. The second-order valence-corrected chi connectivity index (χ2v) is 10.3. The number of aryl methyl sites for hydroxylation is 1. The van der Waals surface area contributed by atoms with E-state index in [-0.39, 0.29) is 19.4 Å². The lowest BCUT2D eigenvalue weighted by Gasteiger charge is -2.23. The summed E-state index contributed by atoms with van der Waals surface area (Å²) in [5.41, 5.74) is 2.69. The van der Waals surface area contributed by atoms with Crippen LogP contribution in [0.25, 0.3) is 0 Å². The maximum Gasteiger partial charge on any atom is 0.408 e. The van der Waals surface area contributed by atoms with E-state index in [1.165, 1.54) is 0 Å². The number of carbonyl (C=O) groups excluding carboxylic acids is 2. The molecule has 0 aliphatic heterocycles. The molecule has 0 aliphatic rings. The summed E-state index contributed by atoms with van der Waals surface area (Å²) in [5, 5.41) is 5.52. The SMILES string of the molecule is O=C(N[C@@H](Cc1ccccc1)C(=O)N[C@@H](CCc1ccccc1)CCS(=O)(=O)O)OCc1ccccc1. The maximum absolute atomic E-state index is 13.3. The van der Waals surface area contributed by atoms with Crippen molar-refractivity contribution in [2.45, 2.75) is 44.4 Å². The first-order chi connectivity index (χ1) is 17.8. The monoisotopic (exact) mass is 524 g/mol. The summed E-state index contributed by atoms with van der Waals surface area (Å²) in [6.45, 7) is 0.0560. The Morgan fingerprint density at radius 1 is 0.757 bits per heavy atom. The zero-order valence-electron chi connectivity index (χ0n) is 20.5. The van der Waals surface area contributed by atoms with E-state index in [1.807, 2.05) is 91.0 Å². The molecule has 8 nitrogen and oxygen atoms in total. The molecular weight excluding hydrogens is 492 g/mol. The van der Waals surface area contributed by atoms with Crippen LogP contribution < -0.4 is 10.6 Å². The number of rotatable bonds is 13. The molecule has 0 bridgehead atoms. The molecule has 3 aromatic carbocycles. The molecule has 0 spiro atoms. The van der Waals surface area contributed by atoms with Gasteiger partial charge < -0.3 is 15.4 Å². The Bertz CT molecular complexity index is 1220. The molecule has 0 aromatic heterocycles. The Morgan fingerprint density at radius 2 is 1.30 bits per heavy atom. The molecular formula is C28H32N2O6S. The summed E-state index contributed by atoms with van der Waals surface area (Å²) < 4.78 is 37.3. The fourth-order valence-corrected chi connectivity index (χ4v) is 4.42. The van der Waals surface area contributed by atoms with E-state index in [9.17, 15) is 22.6 Å². The van der Waals surface area contributed by atoms with Crippen molar-refractivity contribution in [2.75, 3.05) is 5.75 Å². The molecule has 196 valence electrons. The van der Waals surface area contributed by atoms with Crippen molar-refractivity contribution in [3.63, 3.8) is 0 Å². The minimum absolute atomic E-state index is 0.0356. The Kier molecular flexibility index (Phi) is 10.7. The molecule has 37 heavy (non-hydrogen) atoms. The number of alkyl carbamates (subject to hydrolysis) is 1. The van der Waals surface area contributed by atoms with Crippen LogP contribution in [-0.4, -0.2) is 42.8 Å². The summed E-state index contributed by atoms with van der Waals surface area (Å²) >= 11 is 0. The summed E-state index contributed by atoms with van der Waals surface area (Å²) in [7, 11) is -4.20. The van der Waals surface area contributed by atoms with Crippen LogP contribution in [0.1, 0.15) is 29.5 Å². The van der Waals surface area contributed by atoms with Crippen LogP contribution in [0.15, 0.2) is 91.0 Å². The third-order valence-corrected chi connectivity index (χ3v) is 6.55. The summed E-state index contributed by atoms with van der Waals surface area (Å²) in [5.74, 6) is -0.947. The summed E-state index contributed by atoms with van der Waals surface area (Å²) in [4.78, 5) is 25.9. The Balaban J connectivity index is 1.68. The Hall–Kier alpha value is -3.69. The number of hydrogen-bond donors (Lipinski definition) is 3. The van der Waals surface area contributed by atoms with Crippen molar-refractivity contribution >= 4 is 22.1 Å². The predicted octanol–water partition coefficient (Wildman–Crippen LogP) is 3.92. The van der Waals surface area contributed by atoms with Gasteiger partial charge in [-0.05, 0) is 36.0 Å². The molecule has 0 aliphatic carbocycles. The fourth-order valence-electron chi connectivity index (χ4n) is 3.83. The van der Waals surface area contributed by atoms with Crippen molar-refractivity contribution < 1.29 is 27.3 Å². The van der Waals surface area contributed by atoms with Gasteiger partial charge in [-0.2, -0.15) is 8.42 Å². The van der Waals surface area contributed by atoms with Gasteiger partial charge in [0.2, 0.25) is 5.91 Å². The Morgan fingerprint density at radius 3 is 1.86 bits per heavy atom. The standard InChI is InChI=1S/C28H32N2O6S/c31-27(29-25(18-19-37(33,34)35)17-16-22-10-4-1-5-11-22)26(20-23-12-6-2-7-13-23)30-28(32)36-21-24-14-8-3-9-15-24/h1-15,25-26H,16-21H2,(H,29,31)(H,30,32)(H,33,34,35)/t25-,26-/m0/s1. The average Bonchev–Trinajstić information content (AvgIpc) is 2.90. The molecule has 3 rings (SSSR count). The van der Waals surface area contributed by atoms with Gasteiger partial charge >= 0.3 is 6.09 Å². The van der Waals surface area contributed by atoms with Gasteiger partial charge in [0.15, 0.2) is 0 Å². The number of benzene rings is 3. The van der Waals surface area contributed by atoms with Crippen molar-refractivity contribution in [3.8, 4) is 0 Å². The van der Waals surface area contributed by atoms with Gasteiger partial charge in [-0.3, -0.25) is 9.35 Å². The smallest absolute Gasteiger partial charge is 0.408 e.